The lowest BCUT2D eigenvalue weighted by Gasteiger charge is -2.23. The van der Waals surface area contributed by atoms with Crippen LogP contribution in [0, 0.1) is 0 Å². The molecule has 2 amide bonds. The molecule has 0 spiro atoms. The molecule has 5 nitrogen and oxygen atoms in total. The monoisotopic (exact) mass is 326 g/mol. The van der Waals surface area contributed by atoms with Gasteiger partial charge in [0.05, 0.1) is 12.7 Å². The fourth-order valence-electron chi connectivity index (χ4n) is 2.34. The lowest BCUT2D eigenvalue weighted by molar-refractivity contribution is 0.0601. The molecule has 0 bridgehead atoms. The van der Waals surface area contributed by atoms with E-state index in [9.17, 15) is 9.59 Å². The molecule has 0 unspecified atom stereocenters. The minimum absolute atomic E-state index is 0.0773. The molecule has 0 saturated heterocycles. The van der Waals surface area contributed by atoms with Gasteiger partial charge in [-0.2, -0.15) is 0 Å². The third-order valence-corrected chi connectivity index (χ3v) is 3.55. The van der Waals surface area contributed by atoms with Crippen LogP contribution in [-0.2, 0) is 10.2 Å². The first-order valence-corrected chi connectivity index (χ1v) is 7.67. The Balaban J connectivity index is 2.08. The average Bonchev–Trinajstić information content (AvgIpc) is 2.54. The summed E-state index contributed by atoms with van der Waals surface area (Å²) >= 11 is 0. The topological polar surface area (TPSA) is 67.4 Å². The minimum atomic E-state index is -0.412. The predicted octanol–water partition coefficient (Wildman–Crippen LogP) is 4.41. The molecule has 0 heterocycles. The van der Waals surface area contributed by atoms with E-state index < -0.39 is 5.97 Å². The third-order valence-electron chi connectivity index (χ3n) is 3.55. The van der Waals surface area contributed by atoms with Crippen LogP contribution in [0.3, 0.4) is 0 Å². The van der Waals surface area contributed by atoms with Crippen molar-refractivity contribution < 1.29 is 14.3 Å². The molecule has 126 valence electrons. The highest BCUT2D eigenvalue weighted by molar-refractivity contribution is 6.00. The van der Waals surface area contributed by atoms with Crippen molar-refractivity contribution in [3.8, 4) is 0 Å². The van der Waals surface area contributed by atoms with E-state index in [1.807, 2.05) is 24.3 Å². The number of rotatable bonds is 3. The molecule has 0 aliphatic heterocycles. The number of hydrogen-bond acceptors (Lipinski definition) is 3. The second-order valence-electron chi connectivity index (χ2n) is 6.44. The molecule has 0 aliphatic rings. The normalized spacial score (nSPS) is 10.8. The number of benzene rings is 2. The van der Waals surface area contributed by atoms with Gasteiger partial charge in [0.25, 0.3) is 0 Å². The smallest absolute Gasteiger partial charge is 0.337 e. The maximum atomic E-state index is 12.2. The van der Waals surface area contributed by atoms with E-state index in [-0.39, 0.29) is 11.4 Å². The van der Waals surface area contributed by atoms with Crippen LogP contribution >= 0.6 is 0 Å². The zero-order valence-corrected chi connectivity index (χ0v) is 14.3. The van der Waals surface area contributed by atoms with Gasteiger partial charge in [0, 0.05) is 11.4 Å². The highest BCUT2D eigenvalue weighted by Crippen LogP contribution is 2.29. The van der Waals surface area contributed by atoms with Gasteiger partial charge in [-0.25, -0.2) is 9.59 Å². The zero-order chi connectivity index (χ0) is 17.7. The highest BCUT2D eigenvalue weighted by Gasteiger charge is 2.18. The van der Waals surface area contributed by atoms with Crippen molar-refractivity contribution in [1.82, 2.24) is 0 Å². The number of urea groups is 1. The van der Waals surface area contributed by atoms with Crippen LogP contribution in [0.4, 0.5) is 16.2 Å². The number of methoxy groups -OCH3 is 1. The number of para-hydroxylation sites is 1. The average molecular weight is 326 g/mol. The van der Waals surface area contributed by atoms with Gasteiger partial charge < -0.3 is 15.4 Å². The maximum absolute atomic E-state index is 12.2. The summed E-state index contributed by atoms with van der Waals surface area (Å²) in [5.41, 5.74) is 2.77. The molecule has 0 radical (unpaired) electrons. The summed E-state index contributed by atoms with van der Waals surface area (Å²) in [6.07, 6.45) is 0. The molecule has 2 aromatic carbocycles. The van der Waals surface area contributed by atoms with Crippen LogP contribution in [0.5, 0.6) is 0 Å². The first-order chi connectivity index (χ1) is 11.3. The van der Waals surface area contributed by atoms with Crippen LogP contribution in [0.25, 0.3) is 0 Å². The molecule has 2 aromatic rings. The second-order valence-corrected chi connectivity index (χ2v) is 6.44. The number of carbonyl (C=O) groups is 2. The summed E-state index contributed by atoms with van der Waals surface area (Å²) in [5.74, 6) is -0.412. The lowest BCUT2D eigenvalue weighted by atomic mass is 9.86. The molecule has 0 fully saturated rings. The van der Waals surface area contributed by atoms with Gasteiger partial charge in [-0.05, 0) is 41.3 Å². The molecule has 2 rings (SSSR count). The second kappa shape index (κ2) is 7.17. The SMILES string of the molecule is COC(=O)c1ccc(NC(=O)Nc2ccccc2C(C)(C)C)cc1. The summed E-state index contributed by atoms with van der Waals surface area (Å²) in [6, 6.07) is 13.9. The van der Waals surface area contributed by atoms with Gasteiger partial charge in [0.1, 0.15) is 0 Å². The van der Waals surface area contributed by atoms with E-state index >= 15 is 0 Å². The van der Waals surface area contributed by atoms with Crippen LogP contribution in [0.2, 0.25) is 0 Å². The third kappa shape index (κ3) is 4.35. The number of ether oxygens (including phenoxy) is 1. The molecule has 0 aliphatic carbocycles. The largest absolute Gasteiger partial charge is 0.465 e. The van der Waals surface area contributed by atoms with Gasteiger partial charge in [-0.1, -0.05) is 39.0 Å². The fraction of sp³-hybridized carbons (Fsp3) is 0.263. The molecule has 0 aromatic heterocycles. The molecule has 24 heavy (non-hydrogen) atoms. The Hall–Kier alpha value is -2.82. The van der Waals surface area contributed by atoms with Crippen LogP contribution in [0.1, 0.15) is 36.7 Å². The van der Waals surface area contributed by atoms with Crippen molar-refractivity contribution >= 4 is 23.4 Å². The number of amides is 2. The lowest BCUT2D eigenvalue weighted by Crippen LogP contribution is -2.22. The molecule has 2 N–H and O–H groups in total. The standard InChI is InChI=1S/C19H22N2O3/c1-19(2,3)15-7-5-6-8-16(15)21-18(23)20-14-11-9-13(10-12-14)17(22)24-4/h5-12H,1-4H3,(H2,20,21,23). The summed E-state index contributed by atoms with van der Waals surface area (Å²) < 4.78 is 4.64. The van der Waals surface area contributed by atoms with Crippen molar-refractivity contribution in [3.63, 3.8) is 0 Å². The molecule has 5 heteroatoms. The molecular formula is C19H22N2O3. The predicted molar refractivity (Wildman–Crippen MR) is 95.6 cm³/mol. The minimum Gasteiger partial charge on any atom is -0.465 e. The molecule has 0 atom stereocenters. The number of hydrogen-bond donors (Lipinski definition) is 2. The summed E-state index contributed by atoms with van der Waals surface area (Å²) in [4.78, 5) is 23.6. The van der Waals surface area contributed by atoms with Crippen LogP contribution in [0.15, 0.2) is 48.5 Å². The maximum Gasteiger partial charge on any atom is 0.337 e. The van der Waals surface area contributed by atoms with Crippen molar-refractivity contribution in [3.05, 3.63) is 59.7 Å². The van der Waals surface area contributed by atoms with Crippen molar-refractivity contribution in [2.75, 3.05) is 17.7 Å². The Kier molecular flexibility index (Phi) is 5.24. The van der Waals surface area contributed by atoms with E-state index in [4.69, 9.17) is 0 Å². The van der Waals surface area contributed by atoms with E-state index in [0.29, 0.717) is 11.3 Å². The summed E-state index contributed by atoms with van der Waals surface area (Å²) in [5, 5.41) is 5.62. The highest BCUT2D eigenvalue weighted by atomic mass is 16.5. The summed E-state index contributed by atoms with van der Waals surface area (Å²) in [7, 11) is 1.33. The van der Waals surface area contributed by atoms with E-state index in [1.165, 1.54) is 7.11 Å². The Morgan fingerprint density at radius 2 is 1.54 bits per heavy atom. The Morgan fingerprint density at radius 3 is 2.12 bits per heavy atom. The fourth-order valence-corrected chi connectivity index (χ4v) is 2.34. The number of esters is 1. The quantitative estimate of drug-likeness (QED) is 0.821. The molecular weight excluding hydrogens is 304 g/mol. The van der Waals surface area contributed by atoms with Crippen molar-refractivity contribution in [1.29, 1.82) is 0 Å². The van der Waals surface area contributed by atoms with Crippen molar-refractivity contribution in [2.45, 2.75) is 26.2 Å². The zero-order valence-electron chi connectivity index (χ0n) is 14.3. The van der Waals surface area contributed by atoms with E-state index in [2.05, 4.69) is 36.1 Å². The van der Waals surface area contributed by atoms with E-state index in [0.717, 1.165) is 11.3 Å². The van der Waals surface area contributed by atoms with Crippen LogP contribution in [-0.4, -0.2) is 19.1 Å². The first kappa shape index (κ1) is 17.5. The number of nitrogens with one attached hydrogen (secondary N) is 2. The van der Waals surface area contributed by atoms with Gasteiger partial charge >= 0.3 is 12.0 Å². The van der Waals surface area contributed by atoms with E-state index in [1.54, 1.807) is 24.3 Å². The number of carbonyl (C=O) groups excluding carboxylic acids is 2. The van der Waals surface area contributed by atoms with Gasteiger partial charge in [-0.3, -0.25) is 0 Å². The van der Waals surface area contributed by atoms with Gasteiger partial charge in [0.15, 0.2) is 0 Å². The Morgan fingerprint density at radius 1 is 0.917 bits per heavy atom. The first-order valence-electron chi connectivity index (χ1n) is 7.67. The van der Waals surface area contributed by atoms with Gasteiger partial charge in [0.2, 0.25) is 0 Å². The number of anilines is 2. The Bertz CT molecular complexity index is 731. The van der Waals surface area contributed by atoms with Gasteiger partial charge in [-0.15, -0.1) is 0 Å². The summed E-state index contributed by atoms with van der Waals surface area (Å²) in [6.45, 7) is 6.28. The molecule has 0 saturated carbocycles. The van der Waals surface area contributed by atoms with Crippen molar-refractivity contribution in [2.24, 2.45) is 0 Å². The van der Waals surface area contributed by atoms with Crippen LogP contribution < -0.4 is 10.6 Å². The Labute approximate surface area is 142 Å².